The standard InChI is InChI=1S/C15H31N3O/c1-5-17(6-2)11-13-7-9-18(10-8-13)14(19)15(3,4)12-16/h13H,5-12,16H2,1-4H3. The summed E-state index contributed by atoms with van der Waals surface area (Å²) >= 11 is 0. The summed E-state index contributed by atoms with van der Waals surface area (Å²) in [6.45, 7) is 13.9. The molecule has 1 aliphatic rings. The van der Waals surface area contributed by atoms with Gasteiger partial charge in [0.2, 0.25) is 5.91 Å². The maximum Gasteiger partial charge on any atom is 0.229 e. The van der Waals surface area contributed by atoms with Gasteiger partial charge in [-0.1, -0.05) is 13.8 Å². The molecule has 19 heavy (non-hydrogen) atoms. The maximum absolute atomic E-state index is 12.3. The van der Waals surface area contributed by atoms with Gasteiger partial charge in [0, 0.05) is 26.2 Å². The van der Waals surface area contributed by atoms with Crippen LogP contribution in [0.4, 0.5) is 0 Å². The Kier molecular flexibility index (Phi) is 6.27. The molecule has 1 heterocycles. The van der Waals surface area contributed by atoms with Crippen LogP contribution < -0.4 is 5.73 Å². The van der Waals surface area contributed by atoms with Crippen molar-refractivity contribution in [2.45, 2.75) is 40.5 Å². The first-order chi connectivity index (χ1) is 8.94. The van der Waals surface area contributed by atoms with E-state index >= 15 is 0 Å². The molecular formula is C15H31N3O. The summed E-state index contributed by atoms with van der Waals surface area (Å²) in [4.78, 5) is 16.8. The molecule has 4 heteroatoms. The molecule has 1 saturated heterocycles. The second kappa shape index (κ2) is 7.25. The Hall–Kier alpha value is -0.610. The maximum atomic E-state index is 12.3. The predicted octanol–water partition coefficient (Wildman–Crippen LogP) is 1.55. The number of nitrogens with zero attached hydrogens (tertiary/aromatic N) is 2. The Morgan fingerprint density at radius 3 is 2.21 bits per heavy atom. The highest BCUT2D eigenvalue weighted by molar-refractivity contribution is 5.82. The lowest BCUT2D eigenvalue weighted by molar-refractivity contribution is -0.141. The van der Waals surface area contributed by atoms with Crippen molar-refractivity contribution in [1.29, 1.82) is 0 Å². The normalized spacial score (nSPS) is 18.1. The van der Waals surface area contributed by atoms with E-state index in [1.54, 1.807) is 0 Å². The number of carbonyl (C=O) groups is 1. The van der Waals surface area contributed by atoms with Crippen molar-refractivity contribution in [3.8, 4) is 0 Å². The van der Waals surface area contributed by atoms with Crippen molar-refractivity contribution in [3.05, 3.63) is 0 Å². The summed E-state index contributed by atoms with van der Waals surface area (Å²) in [6.07, 6.45) is 2.26. The van der Waals surface area contributed by atoms with Crippen LogP contribution in [0.2, 0.25) is 0 Å². The number of likely N-dealkylation sites (tertiary alicyclic amines) is 1. The lowest BCUT2D eigenvalue weighted by Crippen LogP contribution is -2.48. The van der Waals surface area contributed by atoms with E-state index in [-0.39, 0.29) is 5.91 Å². The van der Waals surface area contributed by atoms with Crippen LogP contribution in [-0.2, 0) is 4.79 Å². The number of carbonyl (C=O) groups excluding carboxylic acids is 1. The van der Waals surface area contributed by atoms with E-state index in [4.69, 9.17) is 5.73 Å². The lowest BCUT2D eigenvalue weighted by atomic mass is 9.89. The summed E-state index contributed by atoms with van der Waals surface area (Å²) in [5.74, 6) is 0.959. The third-order valence-electron chi connectivity index (χ3n) is 4.40. The second-order valence-electron chi connectivity index (χ2n) is 6.31. The number of nitrogens with two attached hydrogens (primary N) is 1. The van der Waals surface area contributed by atoms with E-state index < -0.39 is 5.41 Å². The molecule has 2 N–H and O–H groups in total. The Labute approximate surface area is 118 Å². The van der Waals surface area contributed by atoms with Gasteiger partial charge in [-0.25, -0.2) is 0 Å². The molecule has 1 rings (SSSR count). The Bertz CT molecular complexity index is 279. The third-order valence-corrected chi connectivity index (χ3v) is 4.40. The van der Waals surface area contributed by atoms with Crippen LogP contribution in [-0.4, -0.2) is 55.0 Å². The molecule has 1 aliphatic heterocycles. The first-order valence-electron chi connectivity index (χ1n) is 7.66. The first-order valence-corrected chi connectivity index (χ1v) is 7.66. The highest BCUT2D eigenvalue weighted by Gasteiger charge is 2.32. The fourth-order valence-electron chi connectivity index (χ4n) is 2.68. The molecule has 0 bridgehead atoms. The molecule has 0 saturated carbocycles. The van der Waals surface area contributed by atoms with Crippen molar-refractivity contribution in [2.24, 2.45) is 17.1 Å². The second-order valence-corrected chi connectivity index (χ2v) is 6.31. The fourth-order valence-corrected chi connectivity index (χ4v) is 2.68. The van der Waals surface area contributed by atoms with Gasteiger partial charge in [-0.05, 0) is 45.7 Å². The zero-order valence-corrected chi connectivity index (χ0v) is 13.1. The molecule has 0 unspecified atom stereocenters. The van der Waals surface area contributed by atoms with Gasteiger partial charge in [-0.3, -0.25) is 4.79 Å². The number of hydrogen-bond donors (Lipinski definition) is 1. The van der Waals surface area contributed by atoms with E-state index in [9.17, 15) is 4.79 Å². The zero-order valence-electron chi connectivity index (χ0n) is 13.1. The van der Waals surface area contributed by atoms with Crippen molar-refractivity contribution >= 4 is 5.91 Å². The van der Waals surface area contributed by atoms with E-state index in [1.807, 2.05) is 18.7 Å². The highest BCUT2D eigenvalue weighted by atomic mass is 16.2. The summed E-state index contributed by atoms with van der Waals surface area (Å²) < 4.78 is 0. The summed E-state index contributed by atoms with van der Waals surface area (Å²) in [7, 11) is 0. The third kappa shape index (κ3) is 4.46. The number of piperidine rings is 1. The predicted molar refractivity (Wildman–Crippen MR) is 79.9 cm³/mol. The summed E-state index contributed by atoms with van der Waals surface area (Å²) in [6, 6.07) is 0. The Morgan fingerprint density at radius 2 is 1.79 bits per heavy atom. The van der Waals surface area contributed by atoms with Crippen LogP contribution in [0.15, 0.2) is 0 Å². The van der Waals surface area contributed by atoms with Gasteiger partial charge in [0.15, 0.2) is 0 Å². The van der Waals surface area contributed by atoms with Crippen LogP contribution in [0.5, 0.6) is 0 Å². The first kappa shape index (κ1) is 16.4. The molecule has 112 valence electrons. The smallest absolute Gasteiger partial charge is 0.229 e. The monoisotopic (exact) mass is 269 g/mol. The fraction of sp³-hybridized carbons (Fsp3) is 0.933. The quantitative estimate of drug-likeness (QED) is 0.796. The van der Waals surface area contributed by atoms with Gasteiger partial charge >= 0.3 is 0 Å². The molecule has 1 amide bonds. The van der Waals surface area contributed by atoms with Gasteiger partial charge in [-0.15, -0.1) is 0 Å². The topological polar surface area (TPSA) is 49.6 Å². The molecule has 0 atom stereocenters. The van der Waals surface area contributed by atoms with Crippen LogP contribution in [0.25, 0.3) is 0 Å². The highest BCUT2D eigenvalue weighted by Crippen LogP contribution is 2.23. The minimum atomic E-state index is -0.411. The van der Waals surface area contributed by atoms with Crippen LogP contribution in [0, 0.1) is 11.3 Å². The van der Waals surface area contributed by atoms with E-state index in [0.717, 1.165) is 44.9 Å². The van der Waals surface area contributed by atoms with Gasteiger partial charge in [0.25, 0.3) is 0 Å². The minimum absolute atomic E-state index is 0.219. The molecule has 0 radical (unpaired) electrons. The summed E-state index contributed by atoms with van der Waals surface area (Å²) in [5.41, 5.74) is 5.28. The van der Waals surface area contributed by atoms with Crippen molar-refractivity contribution in [2.75, 3.05) is 39.3 Å². The Morgan fingerprint density at radius 1 is 1.26 bits per heavy atom. The van der Waals surface area contributed by atoms with E-state index in [2.05, 4.69) is 18.7 Å². The number of rotatable bonds is 6. The average Bonchev–Trinajstić information content (AvgIpc) is 2.44. The van der Waals surface area contributed by atoms with Crippen molar-refractivity contribution in [1.82, 2.24) is 9.80 Å². The molecule has 0 aliphatic carbocycles. The van der Waals surface area contributed by atoms with Crippen LogP contribution in [0.1, 0.15) is 40.5 Å². The zero-order chi connectivity index (χ0) is 14.5. The molecule has 4 nitrogen and oxygen atoms in total. The summed E-state index contributed by atoms with van der Waals surface area (Å²) in [5, 5.41) is 0. The number of amides is 1. The molecular weight excluding hydrogens is 238 g/mol. The van der Waals surface area contributed by atoms with Gasteiger partial charge in [0.1, 0.15) is 0 Å². The Balaban J connectivity index is 2.43. The van der Waals surface area contributed by atoms with Gasteiger partial charge in [-0.2, -0.15) is 0 Å². The van der Waals surface area contributed by atoms with Crippen molar-refractivity contribution in [3.63, 3.8) is 0 Å². The minimum Gasteiger partial charge on any atom is -0.342 e. The lowest BCUT2D eigenvalue weighted by Gasteiger charge is -2.37. The SMILES string of the molecule is CCN(CC)CC1CCN(C(=O)C(C)(C)CN)CC1. The van der Waals surface area contributed by atoms with Gasteiger partial charge in [0.05, 0.1) is 5.41 Å². The molecule has 0 aromatic rings. The molecule has 0 aromatic heterocycles. The number of hydrogen-bond acceptors (Lipinski definition) is 3. The van der Waals surface area contributed by atoms with Crippen LogP contribution in [0.3, 0.4) is 0 Å². The van der Waals surface area contributed by atoms with Crippen molar-refractivity contribution < 1.29 is 4.79 Å². The average molecular weight is 269 g/mol. The molecule has 0 aromatic carbocycles. The van der Waals surface area contributed by atoms with E-state index in [0.29, 0.717) is 6.54 Å². The van der Waals surface area contributed by atoms with E-state index in [1.165, 1.54) is 6.54 Å². The van der Waals surface area contributed by atoms with Gasteiger partial charge < -0.3 is 15.5 Å². The molecule has 1 fully saturated rings. The molecule has 0 spiro atoms. The largest absolute Gasteiger partial charge is 0.342 e. The van der Waals surface area contributed by atoms with Crippen LogP contribution >= 0.6 is 0 Å².